The smallest absolute Gasteiger partial charge is 0.309 e. The van der Waals surface area contributed by atoms with Gasteiger partial charge in [-0.15, -0.1) is 0 Å². The molecule has 0 bridgehead atoms. The molecule has 7 heteroatoms. The van der Waals surface area contributed by atoms with Crippen molar-refractivity contribution in [3.63, 3.8) is 0 Å². The summed E-state index contributed by atoms with van der Waals surface area (Å²) in [5.41, 5.74) is -0.194. The summed E-state index contributed by atoms with van der Waals surface area (Å²) in [6.45, 7) is 1.55. The molecule has 0 aromatic carbocycles. The first-order valence-electron chi connectivity index (χ1n) is 6.19. The van der Waals surface area contributed by atoms with Gasteiger partial charge in [-0.3, -0.25) is 0 Å². The van der Waals surface area contributed by atoms with E-state index in [2.05, 4.69) is 14.9 Å². The van der Waals surface area contributed by atoms with Crippen molar-refractivity contribution >= 4 is 17.7 Å². The SMILES string of the molecule is CN1CCC(=N)C(C=Nc2ccc(C(F)(F)F)cn2)C1. The summed E-state index contributed by atoms with van der Waals surface area (Å²) in [5, 5.41) is 7.83. The number of rotatable bonds is 2. The zero-order chi connectivity index (χ0) is 14.8. The second-order valence-corrected chi connectivity index (χ2v) is 4.82. The fraction of sp³-hybridized carbons (Fsp3) is 0.462. The van der Waals surface area contributed by atoms with Crippen LogP contribution in [0.5, 0.6) is 0 Å². The molecule has 2 heterocycles. The Balaban J connectivity index is 2.06. The highest BCUT2D eigenvalue weighted by atomic mass is 19.4. The number of halogens is 3. The van der Waals surface area contributed by atoms with Crippen LogP contribution in [0.2, 0.25) is 0 Å². The highest BCUT2D eigenvalue weighted by Crippen LogP contribution is 2.29. The molecule has 1 aromatic rings. The molecule has 0 spiro atoms. The molecule has 4 nitrogen and oxygen atoms in total. The van der Waals surface area contributed by atoms with Gasteiger partial charge in [-0.1, -0.05) is 0 Å². The largest absolute Gasteiger partial charge is 0.417 e. The van der Waals surface area contributed by atoms with Crippen molar-refractivity contribution < 1.29 is 13.2 Å². The van der Waals surface area contributed by atoms with Crippen LogP contribution in [0.3, 0.4) is 0 Å². The highest BCUT2D eigenvalue weighted by molar-refractivity contribution is 5.98. The number of hydrogen-bond donors (Lipinski definition) is 1. The quantitative estimate of drug-likeness (QED) is 0.849. The Morgan fingerprint density at radius 3 is 2.80 bits per heavy atom. The van der Waals surface area contributed by atoms with Crippen LogP contribution in [-0.4, -0.2) is 41.9 Å². The van der Waals surface area contributed by atoms with Gasteiger partial charge >= 0.3 is 6.18 Å². The summed E-state index contributed by atoms with van der Waals surface area (Å²) in [7, 11) is 1.96. The molecule has 0 radical (unpaired) electrons. The van der Waals surface area contributed by atoms with Crippen LogP contribution in [-0.2, 0) is 6.18 Å². The minimum absolute atomic E-state index is 0.0992. The molecule has 0 saturated carbocycles. The zero-order valence-electron chi connectivity index (χ0n) is 11.0. The predicted octanol–water partition coefficient (Wildman–Crippen LogP) is 2.77. The standard InChI is InChI=1S/C13H15F3N4/c1-20-5-4-11(17)9(8-20)6-18-12-3-2-10(7-19-12)13(14,15)16/h2-3,6-7,9,17H,4-5,8H2,1H3. The van der Waals surface area contributed by atoms with E-state index in [0.29, 0.717) is 18.7 Å². The van der Waals surface area contributed by atoms with Gasteiger partial charge in [-0.2, -0.15) is 13.2 Å². The van der Waals surface area contributed by atoms with Gasteiger partial charge < -0.3 is 10.3 Å². The molecule has 2 rings (SSSR count). The normalized spacial score (nSPS) is 21.6. The van der Waals surface area contributed by atoms with Crippen LogP contribution in [0.4, 0.5) is 19.0 Å². The number of nitrogens with zero attached hydrogens (tertiary/aromatic N) is 3. The molecule has 1 aromatic heterocycles. The number of hydrogen-bond acceptors (Lipinski definition) is 4. The zero-order valence-corrected chi connectivity index (χ0v) is 11.0. The molecule has 1 aliphatic rings. The molecule has 1 unspecified atom stereocenters. The lowest BCUT2D eigenvalue weighted by molar-refractivity contribution is -0.137. The van der Waals surface area contributed by atoms with E-state index in [1.807, 2.05) is 7.05 Å². The summed E-state index contributed by atoms with van der Waals surface area (Å²) in [5.74, 6) is 0.122. The number of nitrogens with one attached hydrogen (secondary N) is 1. The summed E-state index contributed by atoms with van der Waals surface area (Å²) < 4.78 is 37.1. The first kappa shape index (κ1) is 14.6. The Bertz CT molecular complexity index is 507. The van der Waals surface area contributed by atoms with Crippen LogP contribution in [0, 0.1) is 11.3 Å². The van der Waals surface area contributed by atoms with E-state index in [0.717, 1.165) is 18.8 Å². The van der Waals surface area contributed by atoms with Gasteiger partial charge in [-0.25, -0.2) is 9.98 Å². The molecule has 20 heavy (non-hydrogen) atoms. The molecular formula is C13H15F3N4. The molecule has 1 aliphatic heterocycles. The highest BCUT2D eigenvalue weighted by Gasteiger charge is 2.30. The Morgan fingerprint density at radius 1 is 1.45 bits per heavy atom. The third kappa shape index (κ3) is 3.63. The lowest BCUT2D eigenvalue weighted by Crippen LogP contribution is -2.38. The lowest BCUT2D eigenvalue weighted by Gasteiger charge is -2.27. The fourth-order valence-electron chi connectivity index (χ4n) is 1.97. The molecular weight excluding hydrogens is 269 g/mol. The molecule has 1 saturated heterocycles. The first-order chi connectivity index (χ1) is 9.36. The minimum Gasteiger partial charge on any atom is -0.309 e. The maximum atomic E-state index is 12.4. The van der Waals surface area contributed by atoms with Crippen LogP contribution in [0.1, 0.15) is 12.0 Å². The first-order valence-corrected chi connectivity index (χ1v) is 6.19. The van der Waals surface area contributed by atoms with E-state index in [1.165, 1.54) is 6.07 Å². The van der Waals surface area contributed by atoms with Crippen LogP contribution in [0.25, 0.3) is 0 Å². The van der Waals surface area contributed by atoms with E-state index in [9.17, 15) is 13.2 Å². The molecule has 108 valence electrons. The maximum absolute atomic E-state index is 12.4. The molecule has 1 fully saturated rings. The van der Waals surface area contributed by atoms with Crippen molar-refractivity contribution in [2.75, 3.05) is 20.1 Å². The van der Waals surface area contributed by atoms with E-state index < -0.39 is 11.7 Å². The van der Waals surface area contributed by atoms with Crippen molar-refractivity contribution in [3.8, 4) is 0 Å². The van der Waals surface area contributed by atoms with Crippen molar-refractivity contribution in [2.45, 2.75) is 12.6 Å². The third-order valence-corrected chi connectivity index (χ3v) is 3.18. The van der Waals surface area contributed by atoms with Gasteiger partial charge in [-0.05, 0) is 25.6 Å². The minimum atomic E-state index is -4.39. The number of pyridine rings is 1. The lowest BCUT2D eigenvalue weighted by atomic mass is 9.97. The van der Waals surface area contributed by atoms with Crippen molar-refractivity contribution in [3.05, 3.63) is 23.9 Å². The number of likely N-dealkylation sites (tertiary alicyclic amines) is 1. The number of aromatic nitrogens is 1. The van der Waals surface area contributed by atoms with E-state index in [4.69, 9.17) is 5.41 Å². The van der Waals surface area contributed by atoms with Gasteiger partial charge in [0, 0.05) is 37.1 Å². The fourth-order valence-corrected chi connectivity index (χ4v) is 1.97. The van der Waals surface area contributed by atoms with Crippen LogP contribution < -0.4 is 0 Å². The topological polar surface area (TPSA) is 52.3 Å². The Labute approximate surface area is 114 Å². The van der Waals surface area contributed by atoms with Crippen LogP contribution >= 0.6 is 0 Å². The summed E-state index contributed by atoms with van der Waals surface area (Å²) in [4.78, 5) is 9.83. The average molecular weight is 284 g/mol. The average Bonchev–Trinajstić information content (AvgIpc) is 2.39. The molecule has 1 N–H and O–H groups in total. The molecule has 0 amide bonds. The second-order valence-electron chi connectivity index (χ2n) is 4.82. The van der Waals surface area contributed by atoms with Crippen molar-refractivity contribution in [1.29, 1.82) is 5.41 Å². The second kappa shape index (κ2) is 5.70. The van der Waals surface area contributed by atoms with Crippen LogP contribution in [0.15, 0.2) is 23.3 Å². The van der Waals surface area contributed by atoms with Gasteiger partial charge in [0.2, 0.25) is 0 Å². The monoisotopic (exact) mass is 284 g/mol. The van der Waals surface area contributed by atoms with E-state index in [-0.39, 0.29) is 11.7 Å². The van der Waals surface area contributed by atoms with Gasteiger partial charge in [0.25, 0.3) is 0 Å². The van der Waals surface area contributed by atoms with Crippen molar-refractivity contribution in [2.24, 2.45) is 10.9 Å². The predicted molar refractivity (Wildman–Crippen MR) is 70.7 cm³/mol. The Kier molecular flexibility index (Phi) is 4.17. The van der Waals surface area contributed by atoms with Gasteiger partial charge in [0.1, 0.15) is 0 Å². The maximum Gasteiger partial charge on any atom is 0.417 e. The summed E-state index contributed by atoms with van der Waals surface area (Å²) in [6.07, 6.45) is -1.34. The van der Waals surface area contributed by atoms with E-state index in [1.54, 1.807) is 6.21 Å². The van der Waals surface area contributed by atoms with Gasteiger partial charge in [0.05, 0.1) is 5.56 Å². The summed E-state index contributed by atoms with van der Waals surface area (Å²) in [6, 6.07) is 2.19. The van der Waals surface area contributed by atoms with Crippen molar-refractivity contribution in [1.82, 2.24) is 9.88 Å². The number of piperidine rings is 1. The summed E-state index contributed by atoms with van der Waals surface area (Å²) >= 11 is 0. The van der Waals surface area contributed by atoms with E-state index >= 15 is 0 Å². The molecule has 1 atom stereocenters. The van der Waals surface area contributed by atoms with Gasteiger partial charge in [0.15, 0.2) is 5.82 Å². The Hall–Kier alpha value is -1.76. The number of aliphatic imine (C=N–C) groups is 1. The molecule has 0 aliphatic carbocycles. The number of alkyl halides is 3. The third-order valence-electron chi connectivity index (χ3n) is 3.18. The Morgan fingerprint density at radius 2 is 2.20 bits per heavy atom.